The summed E-state index contributed by atoms with van der Waals surface area (Å²) in [6.45, 7) is 5.03. The van der Waals surface area contributed by atoms with Crippen LogP contribution in [0.2, 0.25) is 0 Å². The molecule has 1 amide bonds. The molecule has 0 aliphatic rings. The summed E-state index contributed by atoms with van der Waals surface area (Å²) in [4.78, 5) is 12.9. The monoisotopic (exact) mass is 187 g/mol. The minimum atomic E-state index is -0.248. The van der Waals surface area contributed by atoms with Crippen molar-refractivity contribution in [2.24, 2.45) is 0 Å². The molecule has 0 fully saturated rings. The third-order valence-electron chi connectivity index (χ3n) is 0.611. The van der Waals surface area contributed by atoms with Crippen LogP contribution in [0.3, 0.4) is 0 Å². The summed E-state index contributed by atoms with van der Waals surface area (Å²) in [6, 6.07) is 2.34. The van der Waals surface area contributed by atoms with Gasteiger partial charge in [0, 0.05) is 27.5 Å². The van der Waals surface area contributed by atoms with Crippen LogP contribution in [0.15, 0.2) is 12.2 Å². The Morgan fingerprint density at radius 1 is 1.78 bits per heavy atom. The van der Waals surface area contributed by atoms with Crippen LogP contribution in [0, 0.1) is 10.9 Å². The van der Waals surface area contributed by atoms with E-state index in [-0.39, 0.29) is 5.91 Å². The molecule has 0 unspecified atom stereocenters. The second-order valence-electron chi connectivity index (χ2n) is 1.45. The molecular weight excluding hydrogens is 182 g/mol. The highest BCUT2D eigenvalue weighted by Gasteiger charge is 1.95. The third-order valence-corrected chi connectivity index (χ3v) is 0.809. The molecule has 0 atom stereocenters. The second kappa shape index (κ2) is 4.16. The number of halogens is 1. The van der Waals surface area contributed by atoms with E-state index in [0.717, 1.165) is 0 Å². The third kappa shape index (κ3) is 3.80. The van der Waals surface area contributed by atoms with Crippen LogP contribution in [0.25, 0.3) is 0 Å². The molecule has 1 N–H and O–H groups in total. The van der Waals surface area contributed by atoms with Crippen LogP contribution >= 0.6 is 15.9 Å². The molecular formula is C6H6BrNO. The van der Waals surface area contributed by atoms with Crippen molar-refractivity contribution in [2.45, 2.75) is 6.92 Å². The fraction of sp³-hybridized carbons (Fsp3) is 0.167. The summed E-state index contributed by atoms with van der Waals surface area (Å²) in [6.07, 6.45) is 0. The average molecular weight is 188 g/mol. The van der Waals surface area contributed by atoms with Crippen molar-refractivity contribution in [2.75, 3.05) is 0 Å². The minimum absolute atomic E-state index is 0.248. The lowest BCUT2D eigenvalue weighted by molar-refractivity contribution is -0.116. The molecule has 2 nitrogen and oxygen atoms in total. The van der Waals surface area contributed by atoms with Crippen molar-refractivity contribution in [3.63, 3.8) is 0 Å². The first-order valence-electron chi connectivity index (χ1n) is 2.25. The quantitative estimate of drug-likeness (QED) is 0.371. The van der Waals surface area contributed by atoms with E-state index in [1.54, 1.807) is 6.92 Å². The predicted molar refractivity (Wildman–Crippen MR) is 39.7 cm³/mol. The van der Waals surface area contributed by atoms with Gasteiger partial charge in [-0.05, 0) is 11.8 Å². The topological polar surface area (TPSA) is 29.1 Å². The zero-order valence-electron chi connectivity index (χ0n) is 4.99. The van der Waals surface area contributed by atoms with E-state index in [1.807, 2.05) is 0 Å². The lowest BCUT2D eigenvalue weighted by atomic mass is 10.3. The molecule has 48 valence electrons. The molecule has 0 heterocycles. The summed E-state index contributed by atoms with van der Waals surface area (Å²) in [5, 5.41) is 2.29. The van der Waals surface area contributed by atoms with Crippen molar-refractivity contribution in [3.05, 3.63) is 12.2 Å². The molecule has 0 saturated carbocycles. The van der Waals surface area contributed by atoms with Gasteiger partial charge in [0.1, 0.15) is 0 Å². The normalized spacial score (nSPS) is 6.89. The predicted octanol–water partition coefficient (Wildman–Crippen LogP) is 0.992. The standard InChI is InChI=1S/C6H6BrNO/c1-5(2)6(9)8-4-3-7/h1H2,2H3,(H,8,9). The summed E-state index contributed by atoms with van der Waals surface area (Å²) < 4.78 is 0. The lowest BCUT2D eigenvalue weighted by Crippen LogP contribution is -2.17. The number of carbonyl (C=O) groups is 1. The van der Waals surface area contributed by atoms with Crippen LogP contribution in [-0.4, -0.2) is 5.91 Å². The lowest BCUT2D eigenvalue weighted by Gasteiger charge is -1.91. The molecule has 0 aromatic heterocycles. The zero-order valence-corrected chi connectivity index (χ0v) is 6.58. The number of rotatable bonds is 1. The van der Waals surface area contributed by atoms with E-state index in [4.69, 9.17) is 0 Å². The molecule has 0 radical (unpaired) electrons. The van der Waals surface area contributed by atoms with Gasteiger partial charge in [-0.15, -0.1) is 0 Å². The molecule has 0 spiro atoms. The molecule has 0 bridgehead atoms. The highest BCUT2D eigenvalue weighted by atomic mass is 79.9. The Bertz CT molecular complexity index is 187. The Balaban J connectivity index is 3.74. The molecule has 0 saturated heterocycles. The van der Waals surface area contributed by atoms with Gasteiger partial charge >= 0.3 is 0 Å². The fourth-order valence-corrected chi connectivity index (χ4v) is 0.286. The van der Waals surface area contributed by atoms with E-state index >= 15 is 0 Å². The number of amides is 1. The van der Waals surface area contributed by atoms with Gasteiger partial charge in [0.05, 0.1) is 0 Å². The van der Waals surface area contributed by atoms with E-state index in [0.29, 0.717) is 5.57 Å². The highest BCUT2D eigenvalue weighted by Crippen LogP contribution is 1.83. The van der Waals surface area contributed by atoms with Gasteiger partial charge in [-0.1, -0.05) is 6.58 Å². The minimum Gasteiger partial charge on any atom is -0.281 e. The van der Waals surface area contributed by atoms with E-state index in [9.17, 15) is 4.79 Å². The maximum absolute atomic E-state index is 10.6. The first-order chi connectivity index (χ1) is 4.18. The number of carbonyl (C=O) groups excluding carboxylic acids is 1. The first-order valence-corrected chi connectivity index (χ1v) is 3.04. The Morgan fingerprint density at radius 2 is 2.33 bits per heavy atom. The molecule has 0 aliphatic heterocycles. The summed E-state index contributed by atoms with van der Waals surface area (Å²) in [5.74, 6) is -0.248. The van der Waals surface area contributed by atoms with E-state index < -0.39 is 0 Å². The molecule has 0 aliphatic carbocycles. The Hall–Kier alpha value is -0.750. The summed E-state index contributed by atoms with van der Waals surface area (Å²) >= 11 is 2.82. The van der Waals surface area contributed by atoms with Gasteiger partial charge in [0.15, 0.2) is 0 Å². The largest absolute Gasteiger partial charge is 0.281 e. The van der Waals surface area contributed by atoms with Gasteiger partial charge < -0.3 is 0 Å². The van der Waals surface area contributed by atoms with Crippen LogP contribution < -0.4 is 5.32 Å². The second-order valence-corrected chi connectivity index (χ2v) is 1.85. The zero-order chi connectivity index (χ0) is 7.28. The molecule has 9 heavy (non-hydrogen) atoms. The van der Waals surface area contributed by atoms with Gasteiger partial charge in [0.25, 0.3) is 5.91 Å². The number of hydrogen-bond acceptors (Lipinski definition) is 1. The Kier molecular flexibility index (Phi) is 3.81. The van der Waals surface area contributed by atoms with E-state index in [2.05, 4.69) is 38.7 Å². The van der Waals surface area contributed by atoms with Crippen molar-refractivity contribution in [1.82, 2.24) is 5.32 Å². The van der Waals surface area contributed by atoms with Crippen molar-refractivity contribution < 1.29 is 4.79 Å². The SMILES string of the molecule is C=C(C)C(=O)NC#CBr. The van der Waals surface area contributed by atoms with Gasteiger partial charge in [-0.2, -0.15) is 0 Å². The van der Waals surface area contributed by atoms with Crippen LogP contribution in [0.4, 0.5) is 0 Å². The van der Waals surface area contributed by atoms with Gasteiger partial charge in [-0.25, -0.2) is 0 Å². The van der Waals surface area contributed by atoms with Gasteiger partial charge in [-0.3, -0.25) is 10.1 Å². The summed E-state index contributed by atoms with van der Waals surface area (Å²) in [5.41, 5.74) is 0.449. The van der Waals surface area contributed by atoms with Gasteiger partial charge in [0.2, 0.25) is 0 Å². The molecule has 0 rings (SSSR count). The number of nitrogens with one attached hydrogen (secondary N) is 1. The Morgan fingerprint density at radius 3 is 2.67 bits per heavy atom. The first kappa shape index (κ1) is 8.25. The maximum atomic E-state index is 10.6. The van der Waals surface area contributed by atoms with Crippen LogP contribution in [0.5, 0.6) is 0 Å². The Labute approximate surface area is 62.5 Å². The van der Waals surface area contributed by atoms with Crippen molar-refractivity contribution >= 4 is 21.8 Å². The average Bonchev–Trinajstić information content (AvgIpc) is 1.82. The molecule has 0 aromatic carbocycles. The van der Waals surface area contributed by atoms with Crippen LogP contribution in [-0.2, 0) is 4.79 Å². The van der Waals surface area contributed by atoms with E-state index in [1.165, 1.54) is 0 Å². The number of hydrogen-bond donors (Lipinski definition) is 1. The smallest absolute Gasteiger partial charge is 0.257 e. The van der Waals surface area contributed by atoms with Crippen LogP contribution in [0.1, 0.15) is 6.92 Å². The fourth-order valence-electron chi connectivity index (χ4n) is 0.187. The highest BCUT2D eigenvalue weighted by molar-refractivity contribution is 9.12. The van der Waals surface area contributed by atoms with Crippen molar-refractivity contribution in [3.8, 4) is 10.9 Å². The van der Waals surface area contributed by atoms with Crippen molar-refractivity contribution in [1.29, 1.82) is 0 Å². The summed E-state index contributed by atoms with van der Waals surface area (Å²) in [7, 11) is 0. The molecule has 3 heteroatoms. The molecule has 0 aromatic rings. The maximum Gasteiger partial charge on any atom is 0.257 e.